The summed E-state index contributed by atoms with van der Waals surface area (Å²) in [5.41, 5.74) is 2.74. The lowest BCUT2D eigenvalue weighted by atomic mass is 9.81. The van der Waals surface area contributed by atoms with Crippen LogP contribution in [-0.2, 0) is 23.8 Å². The third kappa shape index (κ3) is 1.91. The Labute approximate surface area is 141 Å². The van der Waals surface area contributed by atoms with Gasteiger partial charge in [-0.05, 0) is 39.2 Å². The molecule has 1 unspecified atom stereocenters. The molecule has 2 aliphatic carbocycles. The highest BCUT2D eigenvalue weighted by Crippen LogP contribution is 2.62. The predicted molar refractivity (Wildman–Crippen MR) is 85.9 cm³/mol. The van der Waals surface area contributed by atoms with Crippen LogP contribution in [0, 0.1) is 11.8 Å². The Morgan fingerprint density at radius 1 is 1.42 bits per heavy atom. The second-order valence-electron chi connectivity index (χ2n) is 7.58. The van der Waals surface area contributed by atoms with E-state index in [0.717, 1.165) is 18.4 Å². The van der Waals surface area contributed by atoms with Crippen molar-refractivity contribution in [2.75, 3.05) is 0 Å². The number of epoxide rings is 1. The Kier molecular flexibility index (Phi) is 3.14. The van der Waals surface area contributed by atoms with Crippen LogP contribution >= 0.6 is 0 Å². The zero-order chi connectivity index (χ0) is 17.4. The molecule has 0 aromatic heterocycles. The fourth-order valence-corrected chi connectivity index (χ4v) is 4.64. The Morgan fingerprint density at radius 2 is 2.12 bits per heavy atom. The van der Waals surface area contributed by atoms with Crippen molar-refractivity contribution in [1.29, 1.82) is 0 Å². The van der Waals surface area contributed by atoms with Crippen LogP contribution < -0.4 is 0 Å². The monoisotopic (exact) mass is 330 g/mol. The molecule has 0 aromatic rings. The van der Waals surface area contributed by atoms with Crippen LogP contribution in [-0.4, -0.2) is 35.9 Å². The second kappa shape index (κ2) is 4.82. The van der Waals surface area contributed by atoms with Gasteiger partial charge in [-0.25, -0.2) is 9.59 Å². The maximum Gasteiger partial charge on any atom is 0.334 e. The molecule has 6 atom stereocenters. The van der Waals surface area contributed by atoms with Gasteiger partial charge in [0.25, 0.3) is 0 Å². The van der Waals surface area contributed by atoms with Crippen molar-refractivity contribution in [2.45, 2.75) is 57.5 Å². The number of rotatable bonds is 2. The molecule has 4 aliphatic rings. The largest absolute Gasteiger partial charge is 0.458 e. The van der Waals surface area contributed by atoms with Crippen molar-refractivity contribution in [2.24, 2.45) is 11.8 Å². The standard InChI is InChI=1S/C19H22O5/c1-8(2)17(20)23-15-12-9(3)6-7-11-10(4)18(21)22-14(11)13(12)19(5)16(15)24-19/h11,13-16H,1,4,6-7H2,2-3,5H3/t11-,13-,14-,15?,16+,19-/m0/s1. The van der Waals surface area contributed by atoms with E-state index in [9.17, 15) is 9.59 Å². The molecule has 4 rings (SSSR count). The number of hydrogen-bond acceptors (Lipinski definition) is 5. The first-order chi connectivity index (χ1) is 11.3. The minimum absolute atomic E-state index is 0.00668. The average Bonchev–Trinajstić information content (AvgIpc) is 3.08. The Hall–Kier alpha value is -1.88. The molecule has 0 spiro atoms. The first-order valence-corrected chi connectivity index (χ1v) is 8.39. The smallest absolute Gasteiger partial charge is 0.334 e. The highest BCUT2D eigenvalue weighted by atomic mass is 16.7. The summed E-state index contributed by atoms with van der Waals surface area (Å²) in [7, 11) is 0. The summed E-state index contributed by atoms with van der Waals surface area (Å²) in [5.74, 6) is -0.798. The number of hydrogen-bond donors (Lipinski definition) is 0. The molecule has 0 radical (unpaired) electrons. The second-order valence-corrected chi connectivity index (χ2v) is 7.58. The molecule has 24 heavy (non-hydrogen) atoms. The van der Waals surface area contributed by atoms with Gasteiger partial charge in [-0.1, -0.05) is 18.7 Å². The maximum absolute atomic E-state index is 12.1. The minimum atomic E-state index is -0.450. The van der Waals surface area contributed by atoms with Crippen molar-refractivity contribution in [3.05, 3.63) is 35.5 Å². The van der Waals surface area contributed by atoms with Gasteiger partial charge in [0.2, 0.25) is 0 Å². The number of esters is 2. The van der Waals surface area contributed by atoms with Crippen molar-refractivity contribution < 1.29 is 23.8 Å². The van der Waals surface area contributed by atoms with Crippen molar-refractivity contribution in [1.82, 2.24) is 0 Å². The first-order valence-electron chi connectivity index (χ1n) is 8.39. The van der Waals surface area contributed by atoms with Gasteiger partial charge in [0, 0.05) is 17.1 Å². The summed E-state index contributed by atoms with van der Waals surface area (Å²) in [6, 6.07) is 0. The predicted octanol–water partition coefficient (Wildman–Crippen LogP) is 2.47. The molecular formula is C19H22O5. The zero-order valence-electron chi connectivity index (χ0n) is 14.3. The topological polar surface area (TPSA) is 65.1 Å². The number of allylic oxidation sites excluding steroid dienone is 1. The van der Waals surface area contributed by atoms with Gasteiger partial charge in [-0.2, -0.15) is 0 Å². The molecule has 3 fully saturated rings. The van der Waals surface area contributed by atoms with Crippen molar-refractivity contribution >= 4 is 11.9 Å². The summed E-state index contributed by atoms with van der Waals surface area (Å²) in [5, 5.41) is 0. The highest BCUT2D eigenvalue weighted by Gasteiger charge is 2.74. The van der Waals surface area contributed by atoms with E-state index in [0.29, 0.717) is 11.1 Å². The van der Waals surface area contributed by atoms with Gasteiger partial charge < -0.3 is 14.2 Å². The molecule has 0 aromatic carbocycles. The average molecular weight is 330 g/mol. The van der Waals surface area contributed by atoms with Gasteiger partial charge in [0.05, 0.1) is 5.92 Å². The summed E-state index contributed by atoms with van der Waals surface area (Å²) in [6.45, 7) is 13.3. The third-order valence-corrected chi connectivity index (χ3v) is 6.01. The number of carbonyl (C=O) groups excluding carboxylic acids is 2. The van der Waals surface area contributed by atoms with Gasteiger partial charge >= 0.3 is 11.9 Å². The molecule has 2 heterocycles. The molecule has 0 bridgehead atoms. The third-order valence-electron chi connectivity index (χ3n) is 6.01. The van der Waals surface area contributed by atoms with Crippen LogP contribution in [0.25, 0.3) is 0 Å². The van der Waals surface area contributed by atoms with E-state index in [2.05, 4.69) is 20.1 Å². The van der Waals surface area contributed by atoms with Crippen molar-refractivity contribution in [3.8, 4) is 0 Å². The van der Waals surface area contributed by atoms with Crippen LogP contribution in [0.2, 0.25) is 0 Å². The quantitative estimate of drug-likeness (QED) is 0.337. The van der Waals surface area contributed by atoms with Crippen LogP contribution in [0.15, 0.2) is 35.5 Å². The maximum atomic E-state index is 12.1. The Balaban J connectivity index is 1.74. The number of fused-ring (bicyclic) bond motifs is 5. The van der Waals surface area contributed by atoms with Gasteiger partial charge in [-0.3, -0.25) is 0 Å². The first kappa shape index (κ1) is 15.6. The fourth-order valence-electron chi connectivity index (χ4n) is 4.64. The van der Waals surface area contributed by atoms with Crippen LogP contribution in [0.5, 0.6) is 0 Å². The molecule has 128 valence electrons. The highest BCUT2D eigenvalue weighted by molar-refractivity contribution is 5.91. The number of ether oxygens (including phenoxy) is 3. The molecule has 1 saturated carbocycles. The van der Waals surface area contributed by atoms with E-state index in [1.54, 1.807) is 6.92 Å². The van der Waals surface area contributed by atoms with Crippen LogP contribution in [0.3, 0.4) is 0 Å². The lowest BCUT2D eigenvalue weighted by Gasteiger charge is -2.29. The van der Waals surface area contributed by atoms with Gasteiger partial charge in [0.15, 0.2) is 6.10 Å². The fraction of sp³-hybridized carbons (Fsp3) is 0.579. The van der Waals surface area contributed by atoms with E-state index in [4.69, 9.17) is 14.2 Å². The lowest BCUT2D eigenvalue weighted by molar-refractivity contribution is -0.145. The number of carbonyl (C=O) groups is 2. The van der Waals surface area contributed by atoms with E-state index in [1.807, 2.05) is 6.92 Å². The molecule has 2 saturated heterocycles. The molecule has 0 amide bonds. The van der Waals surface area contributed by atoms with E-state index < -0.39 is 17.7 Å². The van der Waals surface area contributed by atoms with Crippen LogP contribution in [0.1, 0.15) is 33.6 Å². The normalized spacial score (nSPS) is 42.7. The Morgan fingerprint density at radius 3 is 2.79 bits per heavy atom. The summed E-state index contributed by atoms with van der Waals surface area (Å²) >= 11 is 0. The zero-order valence-corrected chi connectivity index (χ0v) is 14.3. The summed E-state index contributed by atoms with van der Waals surface area (Å²) < 4.78 is 17.3. The molecule has 0 N–H and O–H groups in total. The van der Waals surface area contributed by atoms with E-state index in [1.165, 1.54) is 5.57 Å². The molecular weight excluding hydrogens is 308 g/mol. The molecule has 5 nitrogen and oxygen atoms in total. The minimum Gasteiger partial charge on any atom is -0.458 e. The van der Waals surface area contributed by atoms with E-state index >= 15 is 0 Å². The van der Waals surface area contributed by atoms with Crippen molar-refractivity contribution in [3.63, 3.8) is 0 Å². The summed E-state index contributed by atoms with van der Waals surface area (Å²) in [6.07, 6.45) is 0.786. The molecule has 2 aliphatic heterocycles. The van der Waals surface area contributed by atoms with E-state index in [-0.39, 0.29) is 30.0 Å². The summed E-state index contributed by atoms with van der Waals surface area (Å²) in [4.78, 5) is 24.1. The molecule has 5 heteroatoms. The SMILES string of the molecule is C=C(C)C(=O)OC1C2=C(C)CC[C@H]3C(=C)C(=O)O[C@@H]3[C@H]2[C@]2(C)O[C@H]12. The van der Waals surface area contributed by atoms with Gasteiger partial charge in [0.1, 0.15) is 17.8 Å². The van der Waals surface area contributed by atoms with Crippen LogP contribution in [0.4, 0.5) is 0 Å². The van der Waals surface area contributed by atoms with Gasteiger partial charge in [-0.15, -0.1) is 0 Å². The lowest BCUT2D eigenvalue weighted by Crippen LogP contribution is -2.35. The Bertz CT molecular complexity index is 717.